The molecular formula is C21H20ClN5O4. The Kier molecular flexibility index (Phi) is 5.43. The quantitative estimate of drug-likeness (QED) is 0.555. The van der Waals surface area contributed by atoms with Crippen molar-refractivity contribution in [2.24, 2.45) is 0 Å². The van der Waals surface area contributed by atoms with E-state index in [2.05, 4.69) is 20.7 Å². The number of aromatic nitrogens is 3. The van der Waals surface area contributed by atoms with E-state index >= 15 is 0 Å². The Morgan fingerprint density at radius 2 is 1.90 bits per heavy atom. The van der Waals surface area contributed by atoms with Gasteiger partial charge in [-0.15, -0.1) is 0 Å². The number of amides is 1. The Balaban J connectivity index is 1.76. The number of nitrogens with one attached hydrogen (secondary N) is 2. The van der Waals surface area contributed by atoms with Crippen LogP contribution in [0, 0.1) is 0 Å². The van der Waals surface area contributed by atoms with Gasteiger partial charge >= 0.3 is 0 Å². The third-order valence-electron chi connectivity index (χ3n) is 4.97. The van der Waals surface area contributed by atoms with Crippen molar-refractivity contribution in [3.05, 3.63) is 64.6 Å². The Bertz CT molecular complexity index is 1170. The van der Waals surface area contributed by atoms with Gasteiger partial charge in [-0.25, -0.2) is 4.68 Å². The molecule has 0 saturated heterocycles. The summed E-state index contributed by atoms with van der Waals surface area (Å²) in [7, 11) is 2.98. The number of benzene rings is 2. The number of methoxy groups -OCH3 is 2. The fourth-order valence-electron chi connectivity index (χ4n) is 3.50. The summed E-state index contributed by atoms with van der Waals surface area (Å²) in [6.45, 7) is 1.79. The lowest BCUT2D eigenvalue weighted by Gasteiger charge is -2.29. The summed E-state index contributed by atoms with van der Waals surface area (Å²) in [4.78, 5) is 17.7. The number of phenolic OH excluding ortho intramolecular Hbond substituents is 1. The van der Waals surface area contributed by atoms with Crippen molar-refractivity contribution in [3.63, 3.8) is 0 Å². The highest BCUT2D eigenvalue weighted by atomic mass is 35.5. The molecule has 0 saturated carbocycles. The average Bonchev–Trinajstić information content (AvgIpc) is 3.22. The van der Waals surface area contributed by atoms with E-state index < -0.39 is 6.04 Å². The van der Waals surface area contributed by atoms with Crippen molar-refractivity contribution in [2.45, 2.75) is 13.0 Å². The Labute approximate surface area is 183 Å². The number of rotatable bonds is 5. The standard InChI is InChI=1S/C21H20ClN5O4/c1-11-18(20(29)26-15-9-16(30-2)14(22)8-17(15)31-3)19(12-4-6-13(28)7-5-12)27-21(25-11)23-10-24-27/h4-10,19,28H,1-3H3,(H,26,29)(H,23,24,25)/t19-/m1/s1. The van der Waals surface area contributed by atoms with Crippen LogP contribution in [0.4, 0.5) is 11.6 Å². The maximum atomic E-state index is 13.5. The summed E-state index contributed by atoms with van der Waals surface area (Å²) in [6, 6.07) is 9.22. The molecule has 2 heterocycles. The first-order chi connectivity index (χ1) is 14.9. The molecule has 1 amide bonds. The number of anilines is 2. The monoisotopic (exact) mass is 441 g/mol. The molecule has 160 valence electrons. The first-order valence-electron chi connectivity index (χ1n) is 9.32. The van der Waals surface area contributed by atoms with E-state index in [1.54, 1.807) is 48.0 Å². The fourth-order valence-corrected chi connectivity index (χ4v) is 3.73. The van der Waals surface area contributed by atoms with Gasteiger partial charge in [-0.1, -0.05) is 23.7 Å². The molecule has 0 unspecified atom stereocenters. The summed E-state index contributed by atoms with van der Waals surface area (Å²) in [5.74, 6) is 1.06. The molecule has 10 heteroatoms. The van der Waals surface area contributed by atoms with Gasteiger partial charge in [0.25, 0.3) is 5.91 Å². The highest BCUT2D eigenvalue weighted by Gasteiger charge is 2.33. The number of phenols is 1. The smallest absolute Gasteiger partial charge is 0.255 e. The Morgan fingerprint density at radius 1 is 1.19 bits per heavy atom. The molecule has 1 aliphatic rings. The van der Waals surface area contributed by atoms with Crippen molar-refractivity contribution in [2.75, 3.05) is 24.9 Å². The number of carbonyl (C=O) groups is 1. The van der Waals surface area contributed by atoms with Crippen molar-refractivity contribution in [1.82, 2.24) is 14.8 Å². The third kappa shape index (κ3) is 3.75. The van der Waals surface area contributed by atoms with E-state index in [1.165, 1.54) is 20.5 Å². The van der Waals surface area contributed by atoms with E-state index in [0.717, 1.165) is 5.56 Å². The highest BCUT2D eigenvalue weighted by molar-refractivity contribution is 6.32. The van der Waals surface area contributed by atoms with E-state index in [9.17, 15) is 9.90 Å². The van der Waals surface area contributed by atoms with Crippen molar-refractivity contribution in [3.8, 4) is 17.2 Å². The number of ether oxygens (including phenoxy) is 2. The molecule has 1 atom stereocenters. The summed E-state index contributed by atoms with van der Waals surface area (Å²) in [5.41, 5.74) is 2.22. The number of aromatic hydroxyl groups is 1. The number of fused-ring (bicyclic) bond motifs is 1. The molecule has 4 rings (SSSR count). The molecule has 0 radical (unpaired) electrons. The number of allylic oxidation sites excluding steroid dienone is 1. The molecule has 1 aromatic heterocycles. The number of hydrogen-bond acceptors (Lipinski definition) is 7. The van der Waals surface area contributed by atoms with Crippen LogP contribution in [0.3, 0.4) is 0 Å². The summed E-state index contributed by atoms with van der Waals surface area (Å²) < 4.78 is 12.2. The SMILES string of the molecule is COc1cc(NC(=O)C2=C(C)Nc3ncnn3[C@@H]2c2ccc(O)cc2)c(OC)cc1Cl. The molecule has 31 heavy (non-hydrogen) atoms. The lowest BCUT2D eigenvalue weighted by molar-refractivity contribution is -0.113. The molecule has 0 bridgehead atoms. The van der Waals surface area contributed by atoms with Gasteiger partial charge in [-0.2, -0.15) is 10.1 Å². The van der Waals surface area contributed by atoms with Crippen molar-refractivity contribution in [1.29, 1.82) is 0 Å². The molecule has 1 aliphatic heterocycles. The molecule has 0 spiro atoms. The van der Waals surface area contributed by atoms with Gasteiger partial charge in [0.2, 0.25) is 5.95 Å². The highest BCUT2D eigenvalue weighted by Crippen LogP contribution is 2.39. The normalized spacial score (nSPS) is 15.2. The second-order valence-electron chi connectivity index (χ2n) is 6.83. The fraction of sp³-hybridized carbons (Fsp3) is 0.190. The zero-order valence-electron chi connectivity index (χ0n) is 17.0. The van der Waals surface area contributed by atoms with Crippen LogP contribution in [-0.2, 0) is 4.79 Å². The maximum Gasteiger partial charge on any atom is 0.255 e. The summed E-state index contributed by atoms with van der Waals surface area (Å²) >= 11 is 6.17. The van der Waals surface area contributed by atoms with E-state index in [0.29, 0.717) is 39.4 Å². The molecule has 9 nitrogen and oxygen atoms in total. The maximum absolute atomic E-state index is 13.5. The van der Waals surface area contributed by atoms with Crippen LogP contribution in [0.1, 0.15) is 18.5 Å². The lowest BCUT2D eigenvalue weighted by Crippen LogP contribution is -2.31. The lowest BCUT2D eigenvalue weighted by atomic mass is 9.95. The largest absolute Gasteiger partial charge is 0.508 e. The van der Waals surface area contributed by atoms with Crippen LogP contribution in [0.5, 0.6) is 17.2 Å². The minimum Gasteiger partial charge on any atom is -0.508 e. The number of hydrogen-bond donors (Lipinski definition) is 3. The summed E-state index contributed by atoms with van der Waals surface area (Å²) in [6.07, 6.45) is 1.41. The van der Waals surface area contributed by atoms with E-state index in [4.69, 9.17) is 21.1 Å². The Hall–Kier alpha value is -3.72. The predicted molar refractivity (Wildman–Crippen MR) is 116 cm³/mol. The zero-order valence-corrected chi connectivity index (χ0v) is 17.8. The third-order valence-corrected chi connectivity index (χ3v) is 5.27. The van der Waals surface area contributed by atoms with Crippen LogP contribution >= 0.6 is 11.6 Å². The zero-order chi connectivity index (χ0) is 22.1. The minimum atomic E-state index is -0.556. The van der Waals surface area contributed by atoms with Gasteiger partial charge in [-0.05, 0) is 24.6 Å². The van der Waals surface area contributed by atoms with Gasteiger partial charge in [0, 0.05) is 17.8 Å². The van der Waals surface area contributed by atoms with E-state index in [-0.39, 0.29) is 11.7 Å². The van der Waals surface area contributed by atoms with Crippen LogP contribution in [0.15, 0.2) is 54.0 Å². The average molecular weight is 442 g/mol. The predicted octanol–water partition coefficient (Wildman–Crippen LogP) is 3.58. The second-order valence-corrected chi connectivity index (χ2v) is 7.23. The van der Waals surface area contributed by atoms with Gasteiger partial charge in [0.05, 0.1) is 30.5 Å². The molecule has 0 aliphatic carbocycles. The van der Waals surface area contributed by atoms with Crippen LogP contribution in [-0.4, -0.2) is 40.0 Å². The first-order valence-corrected chi connectivity index (χ1v) is 9.69. The van der Waals surface area contributed by atoms with Gasteiger partial charge in [-0.3, -0.25) is 4.79 Å². The van der Waals surface area contributed by atoms with Crippen LogP contribution < -0.4 is 20.1 Å². The Morgan fingerprint density at radius 3 is 2.58 bits per heavy atom. The number of carbonyl (C=O) groups excluding carboxylic acids is 1. The van der Waals surface area contributed by atoms with Gasteiger partial charge in [0.1, 0.15) is 29.6 Å². The van der Waals surface area contributed by atoms with Gasteiger partial charge < -0.3 is 25.2 Å². The molecule has 3 aromatic rings. The minimum absolute atomic E-state index is 0.126. The van der Waals surface area contributed by atoms with Crippen LogP contribution in [0.2, 0.25) is 5.02 Å². The summed E-state index contributed by atoms with van der Waals surface area (Å²) in [5, 5.41) is 20.3. The number of halogens is 1. The van der Waals surface area contributed by atoms with E-state index in [1.807, 2.05) is 0 Å². The van der Waals surface area contributed by atoms with Crippen molar-refractivity contribution >= 4 is 29.1 Å². The van der Waals surface area contributed by atoms with Gasteiger partial charge in [0.15, 0.2) is 0 Å². The molecule has 3 N–H and O–H groups in total. The second kappa shape index (κ2) is 8.19. The first kappa shape index (κ1) is 20.5. The van der Waals surface area contributed by atoms with Crippen LogP contribution in [0.25, 0.3) is 0 Å². The van der Waals surface area contributed by atoms with Crippen molar-refractivity contribution < 1.29 is 19.4 Å². The number of nitrogens with zero attached hydrogens (tertiary/aromatic N) is 3. The molecule has 2 aromatic carbocycles. The molecular weight excluding hydrogens is 422 g/mol. The molecule has 0 fully saturated rings. The topological polar surface area (TPSA) is 111 Å².